The minimum Gasteiger partial charge on any atom is -0.299 e. The molecule has 0 aromatic heterocycles. The zero-order valence-corrected chi connectivity index (χ0v) is 7.21. The van der Waals surface area contributed by atoms with Gasteiger partial charge in [-0.2, -0.15) is 0 Å². The van der Waals surface area contributed by atoms with Crippen LogP contribution in [0, 0.1) is 11.8 Å². The molecule has 2 aliphatic rings. The number of carbonyl (C=O) groups is 2. The zero-order chi connectivity index (χ0) is 8.55. The third-order valence-electron chi connectivity index (χ3n) is 3.21. The van der Waals surface area contributed by atoms with E-state index in [2.05, 4.69) is 0 Å². The summed E-state index contributed by atoms with van der Waals surface area (Å²) in [5.74, 6) is 0.915. The molecule has 2 unspecified atom stereocenters. The second-order valence-corrected chi connectivity index (χ2v) is 3.93. The molecule has 2 fully saturated rings. The number of hydrogen-bond acceptors (Lipinski definition) is 2. The standard InChI is InChI=1S/C10H14O2/c11-9-5-6-10(12)8-4-2-1-3-7(8)9/h7-8H,1-6H2. The Kier molecular flexibility index (Phi) is 1.99. The van der Waals surface area contributed by atoms with Gasteiger partial charge < -0.3 is 0 Å². The predicted molar refractivity (Wildman–Crippen MR) is 44.7 cm³/mol. The molecular formula is C10H14O2. The lowest BCUT2D eigenvalue weighted by atomic mass is 9.69. The highest BCUT2D eigenvalue weighted by Gasteiger charge is 2.38. The molecule has 2 rings (SSSR count). The van der Waals surface area contributed by atoms with Crippen molar-refractivity contribution in [2.24, 2.45) is 11.8 Å². The van der Waals surface area contributed by atoms with Crippen LogP contribution in [-0.4, -0.2) is 11.6 Å². The Hall–Kier alpha value is -0.660. The Morgan fingerprint density at radius 3 is 1.67 bits per heavy atom. The molecular weight excluding hydrogens is 152 g/mol. The van der Waals surface area contributed by atoms with Crippen LogP contribution >= 0.6 is 0 Å². The fourth-order valence-corrected chi connectivity index (χ4v) is 2.52. The first-order valence-electron chi connectivity index (χ1n) is 4.84. The van der Waals surface area contributed by atoms with Crippen molar-refractivity contribution < 1.29 is 9.59 Å². The quantitative estimate of drug-likeness (QED) is 0.549. The van der Waals surface area contributed by atoms with Crippen LogP contribution in [0.5, 0.6) is 0 Å². The van der Waals surface area contributed by atoms with Crippen molar-refractivity contribution in [3.8, 4) is 0 Å². The third-order valence-corrected chi connectivity index (χ3v) is 3.21. The maximum absolute atomic E-state index is 11.4. The van der Waals surface area contributed by atoms with Crippen molar-refractivity contribution in [1.82, 2.24) is 0 Å². The van der Waals surface area contributed by atoms with Gasteiger partial charge in [0, 0.05) is 24.7 Å². The van der Waals surface area contributed by atoms with Crippen LogP contribution in [0.4, 0.5) is 0 Å². The van der Waals surface area contributed by atoms with E-state index in [0.717, 1.165) is 25.7 Å². The monoisotopic (exact) mass is 166 g/mol. The Labute approximate surface area is 72.3 Å². The first-order chi connectivity index (χ1) is 5.79. The number of ketones is 2. The van der Waals surface area contributed by atoms with Crippen LogP contribution in [-0.2, 0) is 9.59 Å². The van der Waals surface area contributed by atoms with Gasteiger partial charge in [0.15, 0.2) is 0 Å². The minimum atomic E-state index is 0.111. The van der Waals surface area contributed by atoms with Crippen LogP contribution in [0.3, 0.4) is 0 Å². The molecule has 0 heterocycles. The SMILES string of the molecule is O=C1CCC(=O)C2CCCCC12. The summed E-state index contributed by atoms with van der Waals surface area (Å²) in [4.78, 5) is 22.8. The summed E-state index contributed by atoms with van der Waals surface area (Å²) in [5.41, 5.74) is 0. The normalized spacial score (nSPS) is 36.3. The van der Waals surface area contributed by atoms with Crippen LogP contribution < -0.4 is 0 Å². The molecule has 66 valence electrons. The lowest BCUT2D eigenvalue weighted by Crippen LogP contribution is -2.37. The van der Waals surface area contributed by atoms with Crippen molar-refractivity contribution in [3.05, 3.63) is 0 Å². The smallest absolute Gasteiger partial charge is 0.137 e. The number of rotatable bonds is 0. The van der Waals surface area contributed by atoms with Gasteiger partial charge in [-0.05, 0) is 12.8 Å². The highest BCUT2D eigenvalue weighted by Crippen LogP contribution is 2.36. The molecule has 0 aromatic rings. The summed E-state index contributed by atoms with van der Waals surface area (Å²) in [5, 5.41) is 0. The van der Waals surface area contributed by atoms with Gasteiger partial charge >= 0.3 is 0 Å². The van der Waals surface area contributed by atoms with E-state index < -0.39 is 0 Å². The van der Waals surface area contributed by atoms with E-state index in [1.54, 1.807) is 0 Å². The van der Waals surface area contributed by atoms with Crippen LogP contribution in [0.1, 0.15) is 38.5 Å². The van der Waals surface area contributed by atoms with E-state index in [1.165, 1.54) is 0 Å². The average Bonchev–Trinajstić information content (AvgIpc) is 2.12. The molecule has 0 aliphatic heterocycles. The third kappa shape index (κ3) is 1.19. The fourth-order valence-electron chi connectivity index (χ4n) is 2.52. The van der Waals surface area contributed by atoms with Gasteiger partial charge in [0.25, 0.3) is 0 Å². The first-order valence-corrected chi connectivity index (χ1v) is 4.84. The summed E-state index contributed by atoms with van der Waals surface area (Å²) in [6.45, 7) is 0. The van der Waals surface area contributed by atoms with E-state index in [1.807, 2.05) is 0 Å². The molecule has 0 aromatic carbocycles. The number of fused-ring (bicyclic) bond motifs is 1. The van der Waals surface area contributed by atoms with E-state index in [0.29, 0.717) is 24.4 Å². The summed E-state index contributed by atoms with van der Waals surface area (Å²) in [7, 11) is 0. The van der Waals surface area contributed by atoms with Gasteiger partial charge in [-0.25, -0.2) is 0 Å². The molecule has 2 heteroatoms. The summed E-state index contributed by atoms with van der Waals surface area (Å²) < 4.78 is 0. The molecule has 0 N–H and O–H groups in total. The van der Waals surface area contributed by atoms with E-state index in [-0.39, 0.29) is 11.8 Å². The Balaban J connectivity index is 2.16. The molecule has 12 heavy (non-hydrogen) atoms. The first kappa shape index (κ1) is 7.96. The molecule has 2 atom stereocenters. The molecule has 0 bridgehead atoms. The fraction of sp³-hybridized carbons (Fsp3) is 0.800. The van der Waals surface area contributed by atoms with Gasteiger partial charge in [-0.3, -0.25) is 9.59 Å². The zero-order valence-electron chi connectivity index (χ0n) is 7.21. The highest BCUT2D eigenvalue weighted by atomic mass is 16.1. The number of carbonyl (C=O) groups excluding carboxylic acids is 2. The van der Waals surface area contributed by atoms with E-state index in [4.69, 9.17) is 0 Å². The molecule has 2 aliphatic carbocycles. The Bertz CT molecular complexity index is 196. The second-order valence-electron chi connectivity index (χ2n) is 3.93. The molecule has 2 saturated carbocycles. The molecule has 0 radical (unpaired) electrons. The van der Waals surface area contributed by atoms with Crippen molar-refractivity contribution in [1.29, 1.82) is 0 Å². The summed E-state index contributed by atoms with van der Waals surface area (Å²) in [6.07, 6.45) is 5.24. The number of hydrogen-bond donors (Lipinski definition) is 0. The minimum absolute atomic E-state index is 0.111. The maximum atomic E-state index is 11.4. The lowest BCUT2D eigenvalue weighted by molar-refractivity contribution is -0.139. The predicted octanol–water partition coefficient (Wildman–Crippen LogP) is 1.72. The number of Topliss-reactive ketones (excluding diaryl/α,β-unsaturated/α-hetero) is 2. The van der Waals surface area contributed by atoms with Gasteiger partial charge in [0.2, 0.25) is 0 Å². The van der Waals surface area contributed by atoms with E-state index in [9.17, 15) is 9.59 Å². The Morgan fingerprint density at radius 2 is 1.25 bits per heavy atom. The van der Waals surface area contributed by atoms with Crippen LogP contribution in [0.25, 0.3) is 0 Å². The molecule has 0 amide bonds. The van der Waals surface area contributed by atoms with Gasteiger partial charge in [0.1, 0.15) is 11.6 Å². The summed E-state index contributed by atoms with van der Waals surface area (Å²) in [6, 6.07) is 0. The van der Waals surface area contributed by atoms with Gasteiger partial charge in [-0.1, -0.05) is 12.8 Å². The molecule has 0 saturated heterocycles. The lowest BCUT2D eigenvalue weighted by Gasteiger charge is -2.32. The van der Waals surface area contributed by atoms with Crippen molar-refractivity contribution >= 4 is 11.6 Å². The maximum Gasteiger partial charge on any atom is 0.137 e. The van der Waals surface area contributed by atoms with Crippen LogP contribution in [0.15, 0.2) is 0 Å². The molecule has 2 nitrogen and oxygen atoms in total. The van der Waals surface area contributed by atoms with Gasteiger partial charge in [0.05, 0.1) is 0 Å². The van der Waals surface area contributed by atoms with Crippen molar-refractivity contribution in [3.63, 3.8) is 0 Å². The van der Waals surface area contributed by atoms with E-state index >= 15 is 0 Å². The van der Waals surface area contributed by atoms with Crippen LogP contribution in [0.2, 0.25) is 0 Å². The van der Waals surface area contributed by atoms with Gasteiger partial charge in [-0.15, -0.1) is 0 Å². The second kappa shape index (κ2) is 3.00. The van der Waals surface area contributed by atoms with Crippen molar-refractivity contribution in [2.45, 2.75) is 38.5 Å². The van der Waals surface area contributed by atoms with Crippen molar-refractivity contribution in [2.75, 3.05) is 0 Å². The highest BCUT2D eigenvalue weighted by molar-refractivity contribution is 5.96. The largest absolute Gasteiger partial charge is 0.299 e. The average molecular weight is 166 g/mol. The topological polar surface area (TPSA) is 34.1 Å². The summed E-state index contributed by atoms with van der Waals surface area (Å²) >= 11 is 0. The Morgan fingerprint density at radius 1 is 0.833 bits per heavy atom. The molecule has 0 spiro atoms.